The van der Waals surface area contributed by atoms with Gasteiger partial charge in [-0.05, 0) is 0 Å². The van der Waals surface area contributed by atoms with Crippen LogP contribution in [0.25, 0.3) is 0 Å². The summed E-state index contributed by atoms with van der Waals surface area (Å²) in [6, 6.07) is 0. The molecule has 0 spiro atoms. The number of hydrogen-bond acceptors (Lipinski definition) is 2. The van der Waals surface area contributed by atoms with Gasteiger partial charge in [0, 0.05) is 12.8 Å². The number of ether oxygens (including phenoxy) is 1. The molecule has 10 heavy (non-hydrogen) atoms. The summed E-state index contributed by atoms with van der Waals surface area (Å²) >= 11 is 0. The van der Waals surface area contributed by atoms with Gasteiger partial charge in [0.1, 0.15) is 6.11 Å². The van der Waals surface area contributed by atoms with Crippen LogP contribution in [0.4, 0.5) is 4.79 Å². The first-order valence-corrected chi connectivity index (χ1v) is 2.58. The van der Waals surface area contributed by atoms with Gasteiger partial charge in [0.15, 0.2) is 0 Å². The minimum absolute atomic E-state index is 0.462. The summed E-state index contributed by atoms with van der Waals surface area (Å²) in [5.74, 6) is 4.77. The molecule has 0 aromatic rings. The molecule has 0 aromatic heterocycles. The van der Waals surface area contributed by atoms with Crippen LogP contribution in [0, 0.1) is 24.4 Å². The Morgan fingerprint density at radius 1 is 1.60 bits per heavy atom. The van der Waals surface area contributed by atoms with Gasteiger partial charge >= 0.3 is 6.16 Å². The van der Waals surface area contributed by atoms with E-state index in [0.29, 0.717) is 12.8 Å². The van der Waals surface area contributed by atoms with E-state index in [4.69, 9.17) is 11.5 Å². The summed E-state index contributed by atoms with van der Waals surface area (Å²) in [4.78, 5) is 9.67. The Morgan fingerprint density at radius 2 is 2.30 bits per heavy atom. The average Bonchev–Trinajstić information content (AvgIpc) is 1.87. The molecule has 0 radical (unpaired) electrons. The highest BCUT2D eigenvalue weighted by Crippen LogP contribution is 1.81. The number of terminal acetylenes is 1. The zero-order chi connectivity index (χ0) is 7.82. The van der Waals surface area contributed by atoms with Crippen LogP contribution in [0.3, 0.4) is 0 Å². The maximum absolute atomic E-state index is 9.67. The van der Waals surface area contributed by atoms with Crippen molar-refractivity contribution in [2.75, 3.05) is 0 Å². The van der Waals surface area contributed by atoms with Crippen LogP contribution in [0.2, 0.25) is 0 Å². The summed E-state index contributed by atoms with van der Waals surface area (Å²) in [6.07, 6.45) is 6.45. The van der Waals surface area contributed by atoms with E-state index in [9.17, 15) is 4.79 Å². The van der Waals surface area contributed by atoms with Gasteiger partial charge in [0.05, 0.1) is 0 Å². The lowest BCUT2D eigenvalue weighted by molar-refractivity contribution is 0.134. The third kappa shape index (κ3) is 6.39. The minimum Gasteiger partial charge on any atom is -0.449 e. The summed E-state index contributed by atoms with van der Waals surface area (Å²) in [5, 5.41) is 7.90. The smallest absolute Gasteiger partial charge is 0.449 e. The topological polar surface area (TPSA) is 46.5 Å². The van der Waals surface area contributed by atoms with E-state index in [-0.39, 0.29) is 0 Å². The number of carboxylic acid groups (broad SMARTS) is 1. The van der Waals surface area contributed by atoms with E-state index in [1.54, 1.807) is 0 Å². The Bertz CT molecular complexity index is 201. The SMILES string of the molecule is C#CCCC#COC(=O)O. The zero-order valence-corrected chi connectivity index (χ0v) is 5.26. The highest BCUT2D eigenvalue weighted by molar-refractivity contribution is 5.58. The van der Waals surface area contributed by atoms with Gasteiger partial charge in [-0.3, -0.25) is 0 Å². The maximum atomic E-state index is 9.67. The Morgan fingerprint density at radius 3 is 2.80 bits per heavy atom. The molecule has 0 atom stereocenters. The first kappa shape index (κ1) is 8.39. The summed E-state index contributed by atoms with van der Waals surface area (Å²) in [5.41, 5.74) is 0. The van der Waals surface area contributed by atoms with Gasteiger partial charge in [-0.1, -0.05) is 5.92 Å². The van der Waals surface area contributed by atoms with E-state index < -0.39 is 6.16 Å². The summed E-state index contributed by atoms with van der Waals surface area (Å²) in [7, 11) is 0. The van der Waals surface area contributed by atoms with Crippen molar-refractivity contribution in [1.82, 2.24) is 0 Å². The van der Waals surface area contributed by atoms with Crippen molar-refractivity contribution in [3.8, 4) is 24.4 Å². The van der Waals surface area contributed by atoms with Crippen LogP contribution in [0.15, 0.2) is 0 Å². The van der Waals surface area contributed by atoms with Gasteiger partial charge in [-0.25, -0.2) is 4.79 Å². The van der Waals surface area contributed by atoms with E-state index in [1.807, 2.05) is 6.11 Å². The second-order valence-electron chi connectivity index (χ2n) is 1.35. The molecule has 0 saturated carbocycles. The molecule has 0 amide bonds. The van der Waals surface area contributed by atoms with Crippen molar-refractivity contribution < 1.29 is 14.6 Å². The largest absolute Gasteiger partial charge is 0.520 e. The van der Waals surface area contributed by atoms with Gasteiger partial charge in [0.2, 0.25) is 0 Å². The molecule has 0 fully saturated rings. The van der Waals surface area contributed by atoms with Crippen molar-refractivity contribution in [3.05, 3.63) is 0 Å². The quantitative estimate of drug-likeness (QED) is 0.334. The molecule has 0 aliphatic heterocycles. The first-order chi connectivity index (χ1) is 4.77. The second-order valence-corrected chi connectivity index (χ2v) is 1.35. The number of rotatable bonds is 1. The van der Waals surface area contributed by atoms with Crippen LogP contribution in [0.1, 0.15) is 12.8 Å². The van der Waals surface area contributed by atoms with E-state index in [1.165, 1.54) is 0 Å². The fourth-order valence-corrected chi connectivity index (χ4v) is 0.265. The third-order valence-corrected chi connectivity index (χ3v) is 0.605. The molecule has 0 aliphatic carbocycles. The highest BCUT2D eigenvalue weighted by atomic mass is 16.7. The van der Waals surface area contributed by atoms with Gasteiger partial charge < -0.3 is 9.84 Å². The molecule has 0 heterocycles. The van der Waals surface area contributed by atoms with E-state index >= 15 is 0 Å². The standard InChI is InChI=1S/C7H6O3/c1-2-3-4-5-6-10-7(8)9/h1H,3-4H2,(H,8,9). The fraction of sp³-hybridized carbons (Fsp3) is 0.286. The molecule has 0 rings (SSSR count). The molecule has 0 aliphatic rings. The first-order valence-electron chi connectivity index (χ1n) is 2.58. The molecule has 0 aromatic carbocycles. The average molecular weight is 138 g/mol. The Balaban J connectivity index is 3.34. The molecule has 52 valence electrons. The molecule has 3 heteroatoms. The Kier molecular flexibility index (Phi) is 4.64. The number of hydrogen-bond donors (Lipinski definition) is 1. The maximum Gasteiger partial charge on any atom is 0.520 e. The van der Waals surface area contributed by atoms with Crippen LogP contribution in [-0.4, -0.2) is 11.3 Å². The molecule has 0 unspecified atom stereocenters. The zero-order valence-electron chi connectivity index (χ0n) is 5.26. The Hall–Kier alpha value is -1.61. The van der Waals surface area contributed by atoms with Gasteiger partial charge in [-0.15, -0.1) is 12.3 Å². The van der Waals surface area contributed by atoms with Crippen LogP contribution >= 0.6 is 0 Å². The van der Waals surface area contributed by atoms with Crippen LogP contribution < -0.4 is 0 Å². The van der Waals surface area contributed by atoms with E-state index in [0.717, 1.165) is 0 Å². The summed E-state index contributed by atoms with van der Waals surface area (Å²) < 4.78 is 3.88. The second kappa shape index (κ2) is 5.53. The van der Waals surface area contributed by atoms with Crippen LogP contribution in [-0.2, 0) is 4.74 Å². The molecular weight excluding hydrogens is 132 g/mol. The molecular formula is C7H6O3. The van der Waals surface area contributed by atoms with Crippen molar-refractivity contribution >= 4 is 6.16 Å². The lowest BCUT2D eigenvalue weighted by Crippen LogP contribution is -1.91. The normalized spacial score (nSPS) is 6.70. The van der Waals surface area contributed by atoms with E-state index in [2.05, 4.69) is 16.6 Å². The van der Waals surface area contributed by atoms with Crippen molar-refractivity contribution in [2.24, 2.45) is 0 Å². The molecule has 3 nitrogen and oxygen atoms in total. The van der Waals surface area contributed by atoms with Crippen molar-refractivity contribution in [3.63, 3.8) is 0 Å². The Labute approximate surface area is 59.0 Å². The monoisotopic (exact) mass is 138 g/mol. The minimum atomic E-state index is -1.40. The highest BCUT2D eigenvalue weighted by Gasteiger charge is 1.87. The molecule has 0 bridgehead atoms. The summed E-state index contributed by atoms with van der Waals surface area (Å²) in [6.45, 7) is 0. The predicted octanol–water partition coefficient (Wildman–Crippen LogP) is 1.06. The lowest BCUT2D eigenvalue weighted by Gasteiger charge is -1.81. The number of unbranched alkanes of at least 4 members (excludes halogenated alkanes) is 1. The van der Waals surface area contributed by atoms with Crippen molar-refractivity contribution in [2.45, 2.75) is 12.8 Å². The van der Waals surface area contributed by atoms with Gasteiger partial charge in [0.25, 0.3) is 0 Å². The fourth-order valence-electron chi connectivity index (χ4n) is 0.265. The lowest BCUT2D eigenvalue weighted by atomic mass is 10.3. The number of carbonyl (C=O) groups is 1. The van der Waals surface area contributed by atoms with Crippen LogP contribution in [0.5, 0.6) is 0 Å². The molecule has 0 saturated heterocycles. The van der Waals surface area contributed by atoms with Gasteiger partial charge in [-0.2, -0.15) is 0 Å². The predicted molar refractivity (Wildman–Crippen MR) is 35.0 cm³/mol. The van der Waals surface area contributed by atoms with Crippen molar-refractivity contribution in [1.29, 1.82) is 0 Å². The molecule has 1 N–H and O–H groups in total. The third-order valence-electron chi connectivity index (χ3n) is 0.605.